The standard InChI is InChI=1S/C22H32N4O5S/c1-18-9-11-19(12-10-18)32(29,30)25-20(16-26-15-14-23-17-26)22(28)24-13-7-5-3-4-6-8-21(27)31-2/h9-12,14-15,17,20,25H,3-8,13,16H2,1-2H3,(H,24,28). The normalized spacial score (nSPS) is 12.3. The molecule has 2 aromatic rings. The number of hydrogen-bond acceptors (Lipinski definition) is 6. The molecular formula is C22H32N4O5S. The summed E-state index contributed by atoms with van der Waals surface area (Å²) < 4.78 is 34.4. The van der Waals surface area contributed by atoms with E-state index in [4.69, 9.17) is 0 Å². The molecule has 2 N–H and O–H groups in total. The van der Waals surface area contributed by atoms with Crippen LogP contribution in [0.5, 0.6) is 0 Å². The third kappa shape index (κ3) is 8.80. The van der Waals surface area contributed by atoms with Crippen LogP contribution in [0.1, 0.15) is 44.1 Å². The van der Waals surface area contributed by atoms with Gasteiger partial charge in [0, 0.05) is 31.9 Å². The number of ether oxygens (including phenoxy) is 1. The number of nitrogens with one attached hydrogen (secondary N) is 2. The minimum Gasteiger partial charge on any atom is -0.469 e. The van der Waals surface area contributed by atoms with Gasteiger partial charge in [0.15, 0.2) is 0 Å². The Morgan fingerprint density at radius 1 is 1.09 bits per heavy atom. The van der Waals surface area contributed by atoms with E-state index in [9.17, 15) is 18.0 Å². The van der Waals surface area contributed by atoms with Crippen LogP contribution in [-0.4, -0.2) is 49.5 Å². The molecule has 32 heavy (non-hydrogen) atoms. The molecule has 0 aliphatic carbocycles. The van der Waals surface area contributed by atoms with Gasteiger partial charge in [0.1, 0.15) is 6.04 Å². The molecule has 1 atom stereocenters. The van der Waals surface area contributed by atoms with Gasteiger partial charge < -0.3 is 14.6 Å². The van der Waals surface area contributed by atoms with E-state index in [1.165, 1.54) is 25.6 Å². The number of carbonyl (C=O) groups is 2. The van der Waals surface area contributed by atoms with Crippen LogP contribution in [0, 0.1) is 6.92 Å². The minimum atomic E-state index is -3.86. The summed E-state index contributed by atoms with van der Waals surface area (Å²) in [6.07, 6.45) is 9.54. The third-order valence-corrected chi connectivity index (χ3v) is 6.47. The van der Waals surface area contributed by atoms with Crippen molar-refractivity contribution in [2.24, 2.45) is 0 Å². The zero-order valence-electron chi connectivity index (χ0n) is 18.6. The number of unbranched alkanes of at least 4 members (excludes halogenated alkanes) is 4. The number of aromatic nitrogens is 2. The number of carbonyl (C=O) groups excluding carboxylic acids is 2. The fourth-order valence-electron chi connectivity index (χ4n) is 3.11. The van der Waals surface area contributed by atoms with Crippen molar-refractivity contribution in [1.29, 1.82) is 0 Å². The van der Waals surface area contributed by atoms with E-state index in [-0.39, 0.29) is 23.3 Å². The molecule has 0 aliphatic rings. The second-order valence-electron chi connectivity index (χ2n) is 7.63. The van der Waals surface area contributed by atoms with Gasteiger partial charge in [-0.15, -0.1) is 0 Å². The molecule has 1 unspecified atom stereocenters. The maximum Gasteiger partial charge on any atom is 0.305 e. The van der Waals surface area contributed by atoms with E-state index in [1.807, 2.05) is 6.92 Å². The summed E-state index contributed by atoms with van der Waals surface area (Å²) in [5, 5.41) is 2.82. The van der Waals surface area contributed by atoms with Crippen molar-refractivity contribution in [3.63, 3.8) is 0 Å². The van der Waals surface area contributed by atoms with Crippen LogP contribution >= 0.6 is 0 Å². The number of amides is 1. The van der Waals surface area contributed by atoms with Gasteiger partial charge in [-0.25, -0.2) is 13.4 Å². The molecule has 1 heterocycles. The van der Waals surface area contributed by atoms with Gasteiger partial charge in [-0.05, 0) is 31.9 Å². The Labute approximate surface area is 189 Å². The lowest BCUT2D eigenvalue weighted by molar-refractivity contribution is -0.140. The topological polar surface area (TPSA) is 119 Å². The number of benzene rings is 1. The van der Waals surface area contributed by atoms with E-state index in [0.29, 0.717) is 13.0 Å². The lowest BCUT2D eigenvalue weighted by atomic mass is 10.1. The summed E-state index contributed by atoms with van der Waals surface area (Å²) in [5.41, 5.74) is 0.946. The zero-order valence-corrected chi connectivity index (χ0v) is 19.4. The molecule has 0 saturated heterocycles. The van der Waals surface area contributed by atoms with Gasteiger partial charge >= 0.3 is 5.97 Å². The number of rotatable bonds is 14. The molecule has 2 rings (SSSR count). The first-order chi connectivity index (χ1) is 15.3. The zero-order chi connectivity index (χ0) is 23.4. The molecule has 0 saturated carbocycles. The van der Waals surface area contributed by atoms with Crippen LogP contribution in [-0.2, 0) is 30.9 Å². The molecule has 0 fully saturated rings. The fraction of sp³-hybridized carbons (Fsp3) is 0.500. The van der Waals surface area contributed by atoms with Crippen LogP contribution in [0.15, 0.2) is 47.9 Å². The molecule has 0 spiro atoms. The molecule has 0 bridgehead atoms. The highest BCUT2D eigenvalue weighted by atomic mass is 32.2. The molecule has 1 aromatic carbocycles. The maximum absolute atomic E-state index is 12.8. The average Bonchev–Trinajstić information content (AvgIpc) is 3.28. The molecular weight excluding hydrogens is 432 g/mol. The van der Waals surface area contributed by atoms with Crippen LogP contribution in [0.3, 0.4) is 0 Å². The van der Waals surface area contributed by atoms with Gasteiger partial charge in [0.25, 0.3) is 0 Å². The van der Waals surface area contributed by atoms with Gasteiger partial charge in [0.2, 0.25) is 15.9 Å². The van der Waals surface area contributed by atoms with Crippen molar-refractivity contribution < 1.29 is 22.7 Å². The molecule has 9 nitrogen and oxygen atoms in total. The van der Waals surface area contributed by atoms with Crippen molar-refractivity contribution in [2.45, 2.75) is 62.9 Å². The van der Waals surface area contributed by atoms with Crippen molar-refractivity contribution in [3.05, 3.63) is 48.5 Å². The predicted octanol–water partition coefficient (Wildman–Crippen LogP) is 2.17. The minimum absolute atomic E-state index is 0.110. The summed E-state index contributed by atoms with van der Waals surface area (Å²) in [5.74, 6) is -0.589. The number of aryl methyl sites for hydroxylation is 1. The SMILES string of the molecule is COC(=O)CCCCCCCNC(=O)C(Cn1ccnc1)NS(=O)(=O)c1ccc(C)cc1. The smallest absolute Gasteiger partial charge is 0.305 e. The van der Waals surface area contributed by atoms with Gasteiger partial charge in [-0.1, -0.05) is 37.0 Å². The molecule has 0 aliphatic heterocycles. The Bertz CT molecular complexity index is 943. The van der Waals surface area contributed by atoms with E-state index in [1.54, 1.807) is 29.1 Å². The van der Waals surface area contributed by atoms with E-state index < -0.39 is 16.1 Å². The second kappa shape index (κ2) is 13.0. The number of hydrogen-bond donors (Lipinski definition) is 2. The Hall–Kier alpha value is -2.72. The summed E-state index contributed by atoms with van der Waals surface area (Å²) in [6, 6.07) is 5.49. The second-order valence-corrected chi connectivity index (χ2v) is 9.35. The molecule has 1 aromatic heterocycles. The highest BCUT2D eigenvalue weighted by molar-refractivity contribution is 7.89. The first-order valence-electron chi connectivity index (χ1n) is 10.7. The first-order valence-corrected chi connectivity index (χ1v) is 12.2. The van der Waals surface area contributed by atoms with Crippen molar-refractivity contribution >= 4 is 21.9 Å². The van der Waals surface area contributed by atoms with Crippen molar-refractivity contribution in [2.75, 3.05) is 13.7 Å². The molecule has 1 amide bonds. The average molecular weight is 465 g/mol. The summed E-state index contributed by atoms with van der Waals surface area (Å²) in [7, 11) is -2.48. The van der Waals surface area contributed by atoms with Crippen molar-refractivity contribution in [3.8, 4) is 0 Å². The van der Waals surface area contributed by atoms with Crippen LogP contribution in [0.2, 0.25) is 0 Å². The quantitative estimate of drug-likeness (QED) is 0.327. The largest absolute Gasteiger partial charge is 0.469 e. The monoisotopic (exact) mass is 464 g/mol. The summed E-state index contributed by atoms with van der Waals surface area (Å²) in [6.45, 7) is 2.45. The molecule has 176 valence electrons. The lowest BCUT2D eigenvalue weighted by Gasteiger charge is -2.19. The number of esters is 1. The van der Waals surface area contributed by atoms with Crippen LogP contribution in [0.25, 0.3) is 0 Å². The number of imidazole rings is 1. The van der Waals surface area contributed by atoms with E-state index in [2.05, 4.69) is 19.8 Å². The van der Waals surface area contributed by atoms with Gasteiger partial charge in [-0.3, -0.25) is 9.59 Å². The van der Waals surface area contributed by atoms with E-state index >= 15 is 0 Å². The first kappa shape index (κ1) is 25.5. The number of methoxy groups -OCH3 is 1. The van der Waals surface area contributed by atoms with E-state index in [0.717, 1.165) is 37.7 Å². The predicted molar refractivity (Wildman–Crippen MR) is 120 cm³/mol. The fourth-order valence-corrected chi connectivity index (χ4v) is 4.30. The Morgan fingerprint density at radius 2 is 1.78 bits per heavy atom. The lowest BCUT2D eigenvalue weighted by Crippen LogP contribution is -2.49. The van der Waals surface area contributed by atoms with Crippen LogP contribution in [0.4, 0.5) is 0 Å². The highest BCUT2D eigenvalue weighted by Crippen LogP contribution is 2.11. The highest BCUT2D eigenvalue weighted by Gasteiger charge is 2.26. The summed E-state index contributed by atoms with van der Waals surface area (Å²) in [4.78, 5) is 27.9. The molecule has 10 heteroatoms. The number of nitrogens with zero attached hydrogens (tertiary/aromatic N) is 2. The Morgan fingerprint density at radius 3 is 2.44 bits per heavy atom. The summed E-state index contributed by atoms with van der Waals surface area (Å²) >= 11 is 0. The van der Waals surface area contributed by atoms with Gasteiger partial charge in [-0.2, -0.15) is 4.72 Å². The molecule has 0 radical (unpaired) electrons. The Kier molecular flexibility index (Phi) is 10.4. The van der Waals surface area contributed by atoms with Gasteiger partial charge in [0.05, 0.1) is 18.3 Å². The van der Waals surface area contributed by atoms with Crippen LogP contribution < -0.4 is 10.0 Å². The number of sulfonamides is 1. The maximum atomic E-state index is 12.8. The third-order valence-electron chi connectivity index (χ3n) is 4.98. The van der Waals surface area contributed by atoms with Crippen molar-refractivity contribution in [1.82, 2.24) is 19.6 Å². The Balaban J connectivity index is 1.86.